The number of carbonyl (C=O) groups excluding carboxylic acids is 2. The molecule has 1 heterocycles. The summed E-state index contributed by atoms with van der Waals surface area (Å²) in [7, 11) is 1.23. The van der Waals surface area contributed by atoms with Gasteiger partial charge in [-0.2, -0.15) is 0 Å². The van der Waals surface area contributed by atoms with Crippen molar-refractivity contribution in [2.75, 3.05) is 7.11 Å². The average molecular weight is 383 g/mol. The van der Waals surface area contributed by atoms with Crippen molar-refractivity contribution < 1.29 is 28.5 Å². The van der Waals surface area contributed by atoms with Crippen molar-refractivity contribution in [2.24, 2.45) is 0 Å². The van der Waals surface area contributed by atoms with E-state index in [0.717, 1.165) is 0 Å². The molecule has 7 nitrogen and oxygen atoms in total. The molecule has 0 fully saturated rings. The molecule has 1 N–H and O–H groups in total. The van der Waals surface area contributed by atoms with Gasteiger partial charge in [-0.1, -0.05) is 24.3 Å². The van der Waals surface area contributed by atoms with Crippen LogP contribution in [0.5, 0.6) is 23.0 Å². The zero-order chi connectivity index (χ0) is 20.3. The number of alkyl carbamates (subject to hydrolysis) is 1. The fraction of sp³-hybridized carbons (Fsp3) is 0.238. The number of nitrogens with one attached hydrogen (secondary N) is 1. The molecule has 7 heteroatoms. The number of hydrogen-bond acceptors (Lipinski definition) is 6. The largest absolute Gasteiger partial charge is 0.464 e. The van der Waals surface area contributed by atoms with Gasteiger partial charge in [0.05, 0.1) is 7.11 Å². The number of benzene rings is 2. The number of rotatable bonds is 3. The van der Waals surface area contributed by atoms with E-state index in [4.69, 9.17) is 18.9 Å². The second kappa shape index (κ2) is 7.64. The summed E-state index contributed by atoms with van der Waals surface area (Å²) >= 11 is 0. The van der Waals surface area contributed by atoms with Crippen molar-refractivity contribution in [3.05, 3.63) is 53.7 Å². The fourth-order valence-electron chi connectivity index (χ4n) is 2.51. The van der Waals surface area contributed by atoms with E-state index in [-0.39, 0.29) is 5.70 Å². The summed E-state index contributed by atoms with van der Waals surface area (Å²) in [6, 6.07) is 12.5. The highest BCUT2D eigenvalue weighted by Crippen LogP contribution is 2.46. The minimum Gasteiger partial charge on any atom is -0.464 e. The first-order valence-corrected chi connectivity index (χ1v) is 8.64. The normalized spacial score (nSPS) is 12.6. The van der Waals surface area contributed by atoms with Crippen LogP contribution < -0.4 is 14.8 Å². The van der Waals surface area contributed by atoms with Gasteiger partial charge in [0, 0.05) is 5.56 Å². The van der Waals surface area contributed by atoms with E-state index >= 15 is 0 Å². The van der Waals surface area contributed by atoms with Gasteiger partial charge in [-0.3, -0.25) is 5.32 Å². The molecule has 1 aliphatic rings. The number of esters is 1. The second-order valence-corrected chi connectivity index (χ2v) is 7.00. The lowest BCUT2D eigenvalue weighted by Gasteiger charge is -2.22. The molecule has 3 rings (SSSR count). The second-order valence-electron chi connectivity index (χ2n) is 7.00. The molecule has 0 bridgehead atoms. The molecule has 0 aromatic heterocycles. The number of hydrogen-bond donors (Lipinski definition) is 1. The zero-order valence-electron chi connectivity index (χ0n) is 16.1. The number of carbonyl (C=O) groups is 2. The Hall–Kier alpha value is -3.48. The monoisotopic (exact) mass is 383 g/mol. The SMILES string of the molecule is COC(=O)/C(=C/c1cccc2c1Oc1ccccc1O2)NC(=O)OC(C)(C)C. The number of fused-ring (bicyclic) bond motifs is 2. The fourth-order valence-corrected chi connectivity index (χ4v) is 2.51. The van der Waals surface area contributed by atoms with Crippen LogP contribution in [0.15, 0.2) is 48.2 Å². The van der Waals surface area contributed by atoms with Crippen LogP contribution in [0.2, 0.25) is 0 Å². The third kappa shape index (κ3) is 4.43. The maximum atomic E-state index is 12.2. The van der Waals surface area contributed by atoms with E-state index in [1.807, 2.05) is 12.1 Å². The smallest absolute Gasteiger partial charge is 0.412 e. The number of para-hydroxylation sites is 3. The maximum Gasteiger partial charge on any atom is 0.412 e. The van der Waals surface area contributed by atoms with Crippen molar-refractivity contribution in [1.29, 1.82) is 0 Å². The lowest BCUT2D eigenvalue weighted by Crippen LogP contribution is -2.34. The van der Waals surface area contributed by atoms with Gasteiger partial charge in [-0.15, -0.1) is 0 Å². The minimum atomic E-state index is -0.767. The van der Waals surface area contributed by atoms with Crippen LogP contribution >= 0.6 is 0 Å². The molecule has 0 unspecified atom stereocenters. The summed E-state index contributed by atoms with van der Waals surface area (Å²) < 4.78 is 21.8. The zero-order valence-corrected chi connectivity index (χ0v) is 16.1. The molecule has 146 valence electrons. The lowest BCUT2D eigenvalue weighted by atomic mass is 10.1. The van der Waals surface area contributed by atoms with Crippen molar-refractivity contribution in [1.82, 2.24) is 5.32 Å². The summed E-state index contributed by atoms with van der Waals surface area (Å²) in [4.78, 5) is 24.2. The number of ether oxygens (including phenoxy) is 4. The van der Waals surface area contributed by atoms with Crippen molar-refractivity contribution in [3.63, 3.8) is 0 Å². The molecule has 1 aliphatic heterocycles. The molecule has 0 radical (unpaired) electrons. The minimum absolute atomic E-state index is 0.0902. The quantitative estimate of drug-likeness (QED) is 0.525. The first-order valence-electron chi connectivity index (χ1n) is 8.64. The highest BCUT2D eigenvalue weighted by Gasteiger charge is 2.23. The van der Waals surface area contributed by atoms with E-state index in [9.17, 15) is 9.59 Å². The van der Waals surface area contributed by atoms with Gasteiger partial charge < -0.3 is 18.9 Å². The van der Waals surface area contributed by atoms with E-state index in [0.29, 0.717) is 28.6 Å². The lowest BCUT2D eigenvalue weighted by molar-refractivity contribution is -0.136. The Kier molecular flexibility index (Phi) is 5.26. The number of amides is 1. The summed E-state index contributed by atoms with van der Waals surface area (Å²) in [5, 5.41) is 2.43. The van der Waals surface area contributed by atoms with Gasteiger partial charge in [0.15, 0.2) is 23.0 Å². The Morgan fingerprint density at radius 3 is 2.25 bits per heavy atom. The van der Waals surface area contributed by atoms with Gasteiger partial charge in [0.25, 0.3) is 0 Å². The Morgan fingerprint density at radius 1 is 0.964 bits per heavy atom. The van der Waals surface area contributed by atoms with E-state index in [1.165, 1.54) is 13.2 Å². The van der Waals surface area contributed by atoms with Crippen LogP contribution in [0.4, 0.5) is 4.79 Å². The molecular formula is C21H21NO6. The summed E-state index contributed by atoms with van der Waals surface area (Å²) in [5.74, 6) is 1.34. The Balaban J connectivity index is 1.94. The molecule has 1 amide bonds. The van der Waals surface area contributed by atoms with Crippen LogP contribution in [-0.2, 0) is 14.3 Å². The van der Waals surface area contributed by atoms with Crippen molar-refractivity contribution in [2.45, 2.75) is 26.4 Å². The summed E-state index contributed by atoms with van der Waals surface area (Å²) in [6.07, 6.45) is 0.683. The van der Waals surface area contributed by atoms with E-state index in [2.05, 4.69) is 5.32 Å². The Morgan fingerprint density at radius 2 is 1.61 bits per heavy atom. The average Bonchev–Trinajstić information content (AvgIpc) is 2.64. The molecule has 0 saturated carbocycles. The Labute approximate surface area is 162 Å². The molecule has 0 spiro atoms. The highest BCUT2D eigenvalue weighted by atomic mass is 16.6. The van der Waals surface area contributed by atoms with E-state index in [1.54, 1.807) is 51.1 Å². The Bertz CT molecular complexity index is 942. The predicted octanol–water partition coefficient (Wildman–Crippen LogP) is 4.62. The molecule has 2 aromatic carbocycles. The first kappa shape index (κ1) is 19.3. The predicted molar refractivity (Wildman–Crippen MR) is 102 cm³/mol. The van der Waals surface area contributed by atoms with Gasteiger partial charge in [0.2, 0.25) is 0 Å². The van der Waals surface area contributed by atoms with Crippen LogP contribution in [0.3, 0.4) is 0 Å². The molecular weight excluding hydrogens is 362 g/mol. The third-order valence-electron chi connectivity index (χ3n) is 3.63. The summed E-state index contributed by atoms with van der Waals surface area (Å²) in [5.41, 5.74) is -0.270. The molecule has 0 aliphatic carbocycles. The van der Waals surface area contributed by atoms with Crippen LogP contribution in [0.25, 0.3) is 6.08 Å². The summed E-state index contributed by atoms with van der Waals surface area (Å²) in [6.45, 7) is 5.18. The highest BCUT2D eigenvalue weighted by molar-refractivity contribution is 5.97. The standard InChI is InChI=1S/C21H21NO6/c1-21(2,3)28-20(24)22-14(19(23)25-4)12-13-8-7-11-17-18(13)27-16-10-6-5-9-15(16)26-17/h5-12H,1-4H3,(H,22,24)/b14-12-. The van der Waals surface area contributed by atoms with Crippen LogP contribution in [0.1, 0.15) is 26.3 Å². The molecule has 0 saturated heterocycles. The number of methoxy groups -OCH3 is 1. The third-order valence-corrected chi connectivity index (χ3v) is 3.63. The topological polar surface area (TPSA) is 83.1 Å². The van der Waals surface area contributed by atoms with Crippen LogP contribution in [0, 0.1) is 0 Å². The van der Waals surface area contributed by atoms with Crippen LogP contribution in [-0.4, -0.2) is 24.8 Å². The van der Waals surface area contributed by atoms with Gasteiger partial charge >= 0.3 is 12.1 Å². The van der Waals surface area contributed by atoms with Gasteiger partial charge in [-0.25, -0.2) is 9.59 Å². The molecule has 2 aromatic rings. The van der Waals surface area contributed by atoms with Gasteiger partial charge in [0.1, 0.15) is 11.3 Å². The van der Waals surface area contributed by atoms with Crippen molar-refractivity contribution >= 4 is 18.1 Å². The van der Waals surface area contributed by atoms with Crippen molar-refractivity contribution in [3.8, 4) is 23.0 Å². The van der Waals surface area contributed by atoms with Gasteiger partial charge in [-0.05, 0) is 45.0 Å². The first-order chi connectivity index (χ1) is 13.3. The van der Waals surface area contributed by atoms with E-state index < -0.39 is 17.7 Å². The maximum absolute atomic E-state index is 12.2. The molecule has 0 atom stereocenters. The molecule has 28 heavy (non-hydrogen) atoms.